The van der Waals surface area contributed by atoms with Crippen LogP contribution in [-0.2, 0) is 9.59 Å². The highest BCUT2D eigenvalue weighted by atomic mass is 16.2. The third-order valence-electron chi connectivity index (χ3n) is 2.69. The highest BCUT2D eigenvalue weighted by molar-refractivity contribution is 6.46. The zero-order valence-electron chi connectivity index (χ0n) is 11.5. The molecular weight excluding hydrogens is 226 g/mol. The van der Waals surface area contributed by atoms with Gasteiger partial charge < -0.3 is 5.73 Å². The van der Waals surface area contributed by atoms with Gasteiger partial charge in [0.1, 0.15) is 0 Å². The Bertz CT molecular complexity index is 284. The largest absolute Gasteiger partial charge is 0.328 e. The van der Waals surface area contributed by atoms with Gasteiger partial charge in [-0.05, 0) is 25.0 Å². The second-order valence-corrected chi connectivity index (χ2v) is 4.49. The number of hydrogen-bond acceptors (Lipinski definition) is 3. The standard InChI is InChI=1S/C9H21N.C6H4O2/c1-3-5-6-8-9(10)7-4-2;7-5-3-1-2-4-6(5)8/h9H,3-8,10H2,1-2H3;1-4H. The van der Waals surface area contributed by atoms with E-state index in [0.717, 1.165) is 0 Å². The summed E-state index contributed by atoms with van der Waals surface area (Å²) in [4.78, 5) is 20.6. The maximum absolute atomic E-state index is 10.3. The maximum Gasteiger partial charge on any atom is 0.225 e. The van der Waals surface area contributed by atoms with E-state index in [4.69, 9.17) is 5.73 Å². The van der Waals surface area contributed by atoms with Gasteiger partial charge >= 0.3 is 0 Å². The molecule has 0 aromatic heterocycles. The Hall–Kier alpha value is -1.22. The van der Waals surface area contributed by atoms with E-state index < -0.39 is 11.6 Å². The molecule has 0 amide bonds. The molecule has 3 heteroatoms. The molecule has 1 atom stereocenters. The fraction of sp³-hybridized carbons (Fsp3) is 0.600. The van der Waals surface area contributed by atoms with Crippen LogP contribution in [0.15, 0.2) is 24.3 Å². The summed E-state index contributed by atoms with van der Waals surface area (Å²) in [5, 5.41) is 0. The number of hydrogen-bond donors (Lipinski definition) is 1. The molecule has 1 aliphatic carbocycles. The molecular formula is C15H25NO2. The molecule has 0 fully saturated rings. The van der Waals surface area contributed by atoms with Gasteiger partial charge in [0.25, 0.3) is 0 Å². The van der Waals surface area contributed by atoms with Crippen molar-refractivity contribution in [1.29, 1.82) is 0 Å². The van der Waals surface area contributed by atoms with E-state index in [1.807, 2.05) is 0 Å². The van der Waals surface area contributed by atoms with Crippen molar-refractivity contribution >= 4 is 11.6 Å². The lowest BCUT2D eigenvalue weighted by atomic mass is 10.1. The fourth-order valence-electron chi connectivity index (χ4n) is 1.62. The van der Waals surface area contributed by atoms with Crippen LogP contribution in [0.2, 0.25) is 0 Å². The van der Waals surface area contributed by atoms with E-state index in [2.05, 4.69) is 13.8 Å². The smallest absolute Gasteiger partial charge is 0.225 e. The molecule has 0 spiro atoms. The van der Waals surface area contributed by atoms with Crippen LogP contribution in [0, 0.1) is 0 Å². The maximum atomic E-state index is 10.3. The van der Waals surface area contributed by atoms with Crippen LogP contribution in [0.1, 0.15) is 52.4 Å². The number of carbonyl (C=O) groups is 2. The van der Waals surface area contributed by atoms with Gasteiger partial charge in [0.05, 0.1) is 0 Å². The van der Waals surface area contributed by atoms with E-state index in [0.29, 0.717) is 6.04 Å². The molecule has 0 saturated carbocycles. The molecule has 1 unspecified atom stereocenters. The van der Waals surface area contributed by atoms with Gasteiger partial charge in [0, 0.05) is 6.04 Å². The molecule has 0 aromatic carbocycles. The lowest BCUT2D eigenvalue weighted by Crippen LogP contribution is -2.18. The number of rotatable bonds is 6. The van der Waals surface area contributed by atoms with Crippen LogP contribution >= 0.6 is 0 Å². The Labute approximate surface area is 110 Å². The molecule has 0 saturated heterocycles. The SMILES string of the molecule is CCCCCC(N)CCC.O=C1C=CC=CC1=O. The minimum Gasteiger partial charge on any atom is -0.328 e. The summed E-state index contributed by atoms with van der Waals surface area (Å²) in [6.07, 6.45) is 13.2. The predicted octanol–water partition coefficient (Wildman–Crippen LogP) is 2.94. The van der Waals surface area contributed by atoms with Gasteiger partial charge in [-0.25, -0.2) is 0 Å². The molecule has 0 aromatic rings. The molecule has 1 rings (SSSR count). The predicted molar refractivity (Wildman–Crippen MR) is 75.3 cm³/mol. The summed E-state index contributed by atoms with van der Waals surface area (Å²) in [6.45, 7) is 4.42. The van der Waals surface area contributed by atoms with E-state index in [1.165, 1.54) is 50.7 Å². The van der Waals surface area contributed by atoms with Gasteiger partial charge in [0.15, 0.2) is 0 Å². The molecule has 0 aliphatic heterocycles. The average molecular weight is 251 g/mol. The Morgan fingerprint density at radius 3 is 1.89 bits per heavy atom. The van der Waals surface area contributed by atoms with E-state index in [1.54, 1.807) is 12.2 Å². The Balaban J connectivity index is 0.000000327. The minimum absolute atomic E-state index is 0.437. The van der Waals surface area contributed by atoms with Gasteiger partial charge in [-0.15, -0.1) is 0 Å². The number of carbonyl (C=O) groups excluding carboxylic acids is 2. The van der Waals surface area contributed by atoms with Gasteiger partial charge in [-0.3, -0.25) is 9.59 Å². The lowest BCUT2D eigenvalue weighted by molar-refractivity contribution is -0.131. The molecule has 1 aliphatic rings. The van der Waals surface area contributed by atoms with Crippen LogP contribution in [0.4, 0.5) is 0 Å². The summed E-state index contributed by atoms with van der Waals surface area (Å²) in [5.41, 5.74) is 5.82. The van der Waals surface area contributed by atoms with Crippen molar-refractivity contribution in [3.8, 4) is 0 Å². The normalized spacial score (nSPS) is 15.3. The first-order chi connectivity index (χ1) is 8.61. The van der Waals surface area contributed by atoms with Gasteiger partial charge in [-0.2, -0.15) is 0 Å². The molecule has 3 nitrogen and oxygen atoms in total. The zero-order valence-corrected chi connectivity index (χ0v) is 11.5. The Morgan fingerprint density at radius 1 is 0.944 bits per heavy atom. The average Bonchev–Trinajstić information content (AvgIpc) is 2.35. The highest BCUT2D eigenvalue weighted by Gasteiger charge is 2.06. The van der Waals surface area contributed by atoms with Crippen LogP contribution in [-0.4, -0.2) is 17.6 Å². The molecule has 0 bridgehead atoms. The van der Waals surface area contributed by atoms with Crippen molar-refractivity contribution in [2.45, 2.75) is 58.4 Å². The second kappa shape index (κ2) is 10.9. The Kier molecular flexibility index (Phi) is 10.2. The minimum atomic E-state index is -0.437. The fourth-order valence-corrected chi connectivity index (χ4v) is 1.62. The first kappa shape index (κ1) is 16.8. The third kappa shape index (κ3) is 8.88. The van der Waals surface area contributed by atoms with Crippen molar-refractivity contribution in [1.82, 2.24) is 0 Å². The van der Waals surface area contributed by atoms with E-state index in [9.17, 15) is 9.59 Å². The number of ketones is 2. The summed E-state index contributed by atoms with van der Waals surface area (Å²) < 4.78 is 0. The van der Waals surface area contributed by atoms with Crippen molar-refractivity contribution in [2.24, 2.45) is 5.73 Å². The molecule has 18 heavy (non-hydrogen) atoms. The van der Waals surface area contributed by atoms with E-state index >= 15 is 0 Å². The van der Waals surface area contributed by atoms with Crippen molar-refractivity contribution in [3.05, 3.63) is 24.3 Å². The summed E-state index contributed by atoms with van der Waals surface area (Å²) >= 11 is 0. The van der Waals surface area contributed by atoms with Crippen molar-refractivity contribution in [2.75, 3.05) is 0 Å². The van der Waals surface area contributed by atoms with E-state index in [-0.39, 0.29) is 0 Å². The first-order valence-electron chi connectivity index (χ1n) is 6.80. The topological polar surface area (TPSA) is 60.2 Å². The van der Waals surface area contributed by atoms with Crippen LogP contribution in [0.5, 0.6) is 0 Å². The van der Waals surface area contributed by atoms with Gasteiger partial charge in [-0.1, -0.05) is 51.7 Å². The molecule has 102 valence electrons. The van der Waals surface area contributed by atoms with Crippen molar-refractivity contribution < 1.29 is 9.59 Å². The van der Waals surface area contributed by atoms with Crippen molar-refractivity contribution in [3.63, 3.8) is 0 Å². The summed E-state index contributed by atoms with van der Waals surface area (Å²) in [5.74, 6) is -0.875. The summed E-state index contributed by atoms with van der Waals surface area (Å²) in [7, 11) is 0. The van der Waals surface area contributed by atoms with Crippen LogP contribution < -0.4 is 5.73 Å². The molecule has 2 N–H and O–H groups in total. The van der Waals surface area contributed by atoms with Crippen LogP contribution in [0.25, 0.3) is 0 Å². The molecule has 0 heterocycles. The number of allylic oxidation sites excluding steroid dienone is 4. The van der Waals surface area contributed by atoms with Crippen LogP contribution in [0.3, 0.4) is 0 Å². The zero-order chi connectivity index (χ0) is 13.8. The van der Waals surface area contributed by atoms with Gasteiger partial charge in [0.2, 0.25) is 11.6 Å². The quantitative estimate of drug-likeness (QED) is 0.448. The lowest BCUT2D eigenvalue weighted by Gasteiger charge is -2.08. The Morgan fingerprint density at radius 2 is 1.50 bits per heavy atom. The third-order valence-corrected chi connectivity index (χ3v) is 2.69. The summed E-state index contributed by atoms with van der Waals surface area (Å²) in [6, 6.07) is 0.469. The number of nitrogens with two attached hydrogens (primary N) is 1. The molecule has 0 radical (unpaired) electrons. The number of unbranched alkanes of at least 4 members (excludes halogenated alkanes) is 2. The first-order valence-corrected chi connectivity index (χ1v) is 6.80. The second-order valence-electron chi connectivity index (χ2n) is 4.49. The highest BCUT2D eigenvalue weighted by Crippen LogP contribution is 2.05. The monoisotopic (exact) mass is 251 g/mol.